The lowest BCUT2D eigenvalue weighted by molar-refractivity contribution is 0.160. The largest absolute Gasteiger partial charge is 0.317 e. The molecule has 0 aromatic rings. The summed E-state index contributed by atoms with van der Waals surface area (Å²) in [6, 6.07) is 0.723. The summed E-state index contributed by atoms with van der Waals surface area (Å²) in [5.74, 6) is 2.74. The Labute approximate surface area is 115 Å². The molecule has 2 nitrogen and oxygen atoms in total. The molecule has 1 rings (SSSR count). The van der Waals surface area contributed by atoms with Crippen molar-refractivity contribution < 1.29 is 0 Å². The summed E-state index contributed by atoms with van der Waals surface area (Å²) in [6.45, 7) is 13.0. The third-order valence-electron chi connectivity index (χ3n) is 5.23. The van der Waals surface area contributed by atoms with Crippen molar-refractivity contribution in [2.75, 3.05) is 26.7 Å². The van der Waals surface area contributed by atoms with Gasteiger partial charge in [0.25, 0.3) is 0 Å². The van der Waals surface area contributed by atoms with Crippen LogP contribution in [0.25, 0.3) is 0 Å². The molecule has 0 saturated heterocycles. The van der Waals surface area contributed by atoms with E-state index in [2.05, 4.69) is 45.0 Å². The monoisotopic (exact) mass is 254 g/mol. The van der Waals surface area contributed by atoms with Gasteiger partial charge in [0.05, 0.1) is 0 Å². The van der Waals surface area contributed by atoms with Gasteiger partial charge in [0.15, 0.2) is 0 Å². The van der Waals surface area contributed by atoms with E-state index in [-0.39, 0.29) is 0 Å². The molecule has 108 valence electrons. The van der Waals surface area contributed by atoms with Gasteiger partial charge in [-0.2, -0.15) is 0 Å². The molecule has 1 saturated carbocycles. The summed E-state index contributed by atoms with van der Waals surface area (Å²) in [7, 11) is 2.15. The molecule has 1 aliphatic rings. The molecule has 4 atom stereocenters. The minimum absolute atomic E-state index is 0.723. The Bertz CT molecular complexity index is 213. The van der Waals surface area contributed by atoms with Crippen LogP contribution in [-0.4, -0.2) is 37.6 Å². The first-order valence-corrected chi connectivity index (χ1v) is 8.01. The van der Waals surface area contributed by atoms with Crippen LogP contribution in [0.2, 0.25) is 0 Å². The molecule has 4 unspecified atom stereocenters. The fourth-order valence-corrected chi connectivity index (χ4v) is 3.43. The van der Waals surface area contributed by atoms with E-state index < -0.39 is 0 Å². The summed E-state index contributed by atoms with van der Waals surface area (Å²) < 4.78 is 0. The molecular weight excluding hydrogens is 220 g/mol. The Morgan fingerprint density at radius 1 is 1.11 bits per heavy atom. The second-order valence-corrected chi connectivity index (χ2v) is 6.24. The van der Waals surface area contributed by atoms with E-state index in [1.165, 1.54) is 45.3 Å². The number of nitrogens with zero attached hydrogens (tertiary/aromatic N) is 1. The number of hydrogen-bond acceptors (Lipinski definition) is 2. The molecule has 1 aliphatic carbocycles. The second-order valence-electron chi connectivity index (χ2n) is 6.24. The van der Waals surface area contributed by atoms with Gasteiger partial charge in [-0.1, -0.05) is 34.1 Å². The Kier molecular flexibility index (Phi) is 7.25. The highest BCUT2D eigenvalue weighted by Crippen LogP contribution is 2.35. The third kappa shape index (κ3) is 4.55. The summed E-state index contributed by atoms with van der Waals surface area (Å²) in [4.78, 5) is 2.54. The maximum atomic E-state index is 3.58. The lowest BCUT2D eigenvalue weighted by Gasteiger charge is -2.37. The molecule has 1 N–H and O–H groups in total. The van der Waals surface area contributed by atoms with Crippen LogP contribution >= 0.6 is 0 Å². The topological polar surface area (TPSA) is 15.3 Å². The van der Waals surface area contributed by atoms with Crippen molar-refractivity contribution >= 4 is 0 Å². The third-order valence-corrected chi connectivity index (χ3v) is 5.23. The zero-order valence-corrected chi connectivity index (χ0v) is 13.2. The van der Waals surface area contributed by atoms with Gasteiger partial charge in [0.2, 0.25) is 0 Å². The Hall–Kier alpha value is -0.0800. The average molecular weight is 254 g/mol. The molecule has 0 aromatic carbocycles. The summed E-state index contributed by atoms with van der Waals surface area (Å²) in [5, 5.41) is 3.58. The van der Waals surface area contributed by atoms with E-state index in [4.69, 9.17) is 0 Å². The molecule has 0 aromatic heterocycles. The van der Waals surface area contributed by atoms with Crippen molar-refractivity contribution in [2.45, 2.75) is 59.4 Å². The van der Waals surface area contributed by atoms with Gasteiger partial charge in [-0.05, 0) is 63.7 Å². The van der Waals surface area contributed by atoms with Crippen LogP contribution in [0.15, 0.2) is 0 Å². The van der Waals surface area contributed by atoms with Crippen molar-refractivity contribution in [1.82, 2.24) is 10.2 Å². The van der Waals surface area contributed by atoms with Crippen LogP contribution in [0.1, 0.15) is 53.4 Å². The van der Waals surface area contributed by atoms with E-state index in [1.54, 1.807) is 0 Å². The van der Waals surface area contributed by atoms with Crippen molar-refractivity contribution in [3.63, 3.8) is 0 Å². The minimum Gasteiger partial charge on any atom is -0.317 e. The normalized spacial score (nSPS) is 30.7. The number of rotatable bonds is 7. The van der Waals surface area contributed by atoms with E-state index in [0.717, 1.165) is 23.8 Å². The molecule has 0 radical (unpaired) electrons. The van der Waals surface area contributed by atoms with E-state index in [0.29, 0.717) is 0 Å². The predicted octanol–water partition coefficient (Wildman–Crippen LogP) is 3.38. The molecule has 0 aliphatic heterocycles. The first-order valence-electron chi connectivity index (χ1n) is 8.01. The average Bonchev–Trinajstić information content (AvgIpc) is 2.38. The van der Waals surface area contributed by atoms with E-state index in [9.17, 15) is 0 Å². The van der Waals surface area contributed by atoms with Crippen molar-refractivity contribution in [2.24, 2.45) is 17.8 Å². The first-order chi connectivity index (χ1) is 8.62. The van der Waals surface area contributed by atoms with E-state index in [1.807, 2.05) is 0 Å². The van der Waals surface area contributed by atoms with Gasteiger partial charge in [0.1, 0.15) is 0 Å². The summed E-state index contributed by atoms with van der Waals surface area (Å²) in [6.07, 6.45) is 5.58. The molecule has 0 heterocycles. The van der Waals surface area contributed by atoms with Gasteiger partial charge in [-0.15, -0.1) is 0 Å². The Balaban J connectivity index is 2.40. The van der Waals surface area contributed by atoms with Gasteiger partial charge < -0.3 is 10.2 Å². The van der Waals surface area contributed by atoms with Gasteiger partial charge in [0, 0.05) is 6.04 Å². The van der Waals surface area contributed by atoms with Crippen LogP contribution in [0, 0.1) is 17.8 Å². The smallest absolute Gasteiger partial charge is 0.0105 e. The molecule has 18 heavy (non-hydrogen) atoms. The number of nitrogens with one attached hydrogen (secondary N) is 1. The van der Waals surface area contributed by atoms with E-state index >= 15 is 0 Å². The second kappa shape index (κ2) is 8.16. The molecular formula is C16H34N2. The van der Waals surface area contributed by atoms with Crippen molar-refractivity contribution in [1.29, 1.82) is 0 Å². The van der Waals surface area contributed by atoms with Crippen LogP contribution < -0.4 is 5.32 Å². The zero-order valence-electron chi connectivity index (χ0n) is 13.2. The van der Waals surface area contributed by atoms with Crippen molar-refractivity contribution in [3.8, 4) is 0 Å². The fourth-order valence-electron chi connectivity index (χ4n) is 3.43. The number of hydrogen-bond donors (Lipinski definition) is 1. The molecule has 0 bridgehead atoms. The predicted molar refractivity (Wildman–Crippen MR) is 80.9 cm³/mol. The Morgan fingerprint density at radius 2 is 1.78 bits per heavy atom. The summed E-state index contributed by atoms with van der Waals surface area (Å²) >= 11 is 0. The van der Waals surface area contributed by atoms with Gasteiger partial charge >= 0.3 is 0 Å². The zero-order chi connectivity index (χ0) is 13.5. The molecule has 1 fully saturated rings. The van der Waals surface area contributed by atoms with Crippen LogP contribution in [-0.2, 0) is 0 Å². The van der Waals surface area contributed by atoms with Crippen LogP contribution in [0.5, 0.6) is 0 Å². The lowest BCUT2D eigenvalue weighted by Crippen LogP contribution is -2.40. The van der Waals surface area contributed by atoms with Crippen molar-refractivity contribution in [3.05, 3.63) is 0 Å². The molecule has 0 spiro atoms. The molecule has 2 heteroatoms. The lowest BCUT2D eigenvalue weighted by atomic mass is 9.72. The quantitative estimate of drug-likeness (QED) is 0.749. The maximum Gasteiger partial charge on any atom is 0.0105 e. The Morgan fingerprint density at radius 3 is 2.28 bits per heavy atom. The first kappa shape index (κ1) is 16.0. The maximum absolute atomic E-state index is 3.58. The highest BCUT2D eigenvalue weighted by Gasteiger charge is 2.29. The van der Waals surface area contributed by atoms with Crippen LogP contribution in [0.3, 0.4) is 0 Å². The van der Waals surface area contributed by atoms with Crippen LogP contribution in [0.4, 0.5) is 0 Å². The molecule has 0 amide bonds. The SMILES string of the molecule is CCN(CC)CCC(NC)C1CCC(C)C(C)C1. The highest BCUT2D eigenvalue weighted by molar-refractivity contribution is 4.83. The van der Waals surface area contributed by atoms with Gasteiger partial charge in [-0.25, -0.2) is 0 Å². The standard InChI is InChI=1S/C16H34N2/c1-6-18(7-2)11-10-16(17-5)15-9-8-13(3)14(4)12-15/h13-17H,6-12H2,1-5H3. The summed E-state index contributed by atoms with van der Waals surface area (Å²) in [5.41, 5.74) is 0. The minimum atomic E-state index is 0.723. The highest BCUT2D eigenvalue weighted by atomic mass is 15.1. The fraction of sp³-hybridized carbons (Fsp3) is 1.00. The van der Waals surface area contributed by atoms with Gasteiger partial charge in [-0.3, -0.25) is 0 Å².